The van der Waals surface area contributed by atoms with E-state index >= 15 is 0 Å². The molecule has 0 aromatic carbocycles. The van der Waals surface area contributed by atoms with Crippen LogP contribution in [0.4, 0.5) is 0 Å². The molecule has 0 atom stereocenters. The SMILES string of the molecule is CN1CCC=C(C(CN2CCCC2=O)=NO)C1. The largest absolute Gasteiger partial charge is 0.411 e. The summed E-state index contributed by atoms with van der Waals surface area (Å²) in [6, 6.07) is 0. The Morgan fingerprint density at radius 3 is 2.94 bits per heavy atom. The first-order chi connectivity index (χ1) is 8.20. The molecule has 0 aromatic rings. The van der Waals surface area contributed by atoms with Gasteiger partial charge >= 0.3 is 0 Å². The molecule has 2 aliphatic rings. The minimum Gasteiger partial charge on any atom is -0.411 e. The summed E-state index contributed by atoms with van der Waals surface area (Å²) < 4.78 is 0. The average Bonchev–Trinajstić information content (AvgIpc) is 2.71. The van der Waals surface area contributed by atoms with Crippen LogP contribution >= 0.6 is 0 Å². The summed E-state index contributed by atoms with van der Waals surface area (Å²) in [5, 5.41) is 12.5. The number of carbonyl (C=O) groups is 1. The monoisotopic (exact) mass is 237 g/mol. The second kappa shape index (κ2) is 5.31. The molecule has 0 bridgehead atoms. The highest BCUT2D eigenvalue weighted by atomic mass is 16.4. The molecule has 5 heteroatoms. The molecule has 2 heterocycles. The Labute approximate surface area is 101 Å². The predicted molar refractivity (Wildman–Crippen MR) is 65.2 cm³/mol. The van der Waals surface area contributed by atoms with E-state index in [1.54, 1.807) is 4.90 Å². The van der Waals surface area contributed by atoms with E-state index in [0.717, 1.165) is 38.0 Å². The number of nitrogens with zero attached hydrogens (tertiary/aromatic N) is 3. The van der Waals surface area contributed by atoms with E-state index < -0.39 is 0 Å². The van der Waals surface area contributed by atoms with Crippen LogP contribution in [-0.4, -0.2) is 59.9 Å². The molecule has 1 amide bonds. The number of oxime groups is 1. The summed E-state index contributed by atoms with van der Waals surface area (Å²) in [5.74, 6) is 0.163. The lowest BCUT2D eigenvalue weighted by atomic mass is 10.0. The smallest absolute Gasteiger partial charge is 0.222 e. The number of likely N-dealkylation sites (tertiary alicyclic amines) is 1. The molecular weight excluding hydrogens is 218 g/mol. The molecule has 17 heavy (non-hydrogen) atoms. The molecule has 0 aromatic heterocycles. The number of amides is 1. The molecule has 2 aliphatic heterocycles. The highest BCUT2D eigenvalue weighted by Crippen LogP contribution is 2.14. The third-order valence-electron chi connectivity index (χ3n) is 3.35. The lowest BCUT2D eigenvalue weighted by molar-refractivity contribution is -0.127. The van der Waals surface area contributed by atoms with Gasteiger partial charge in [-0.3, -0.25) is 4.79 Å². The fraction of sp³-hybridized carbons (Fsp3) is 0.667. The third-order valence-corrected chi connectivity index (χ3v) is 3.35. The van der Waals surface area contributed by atoms with Crippen molar-refractivity contribution in [3.63, 3.8) is 0 Å². The number of hydrogen-bond donors (Lipinski definition) is 1. The Morgan fingerprint density at radius 1 is 1.53 bits per heavy atom. The van der Waals surface area contributed by atoms with E-state index in [4.69, 9.17) is 5.21 Å². The summed E-state index contributed by atoms with van der Waals surface area (Å²) in [6.45, 7) is 3.04. The minimum absolute atomic E-state index is 0.163. The maximum Gasteiger partial charge on any atom is 0.222 e. The zero-order chi connectivity index (χ0) is 12.3. The van der Waals surface area contributed by atoms with Gasteiger partial charge in [0.05, 0.1) is 6.54 Å². The number of rotatable bonds is 3. The van der Waals surface area contributed by atoms with Crippen LogP contribution < -0.4 is 0 Å². The van der Waals surface area contributed by atoms with E-state index in [1.165, 1.54) is 0 Å². The molecular formula is C12H19N3O2. The van der Waals surface area contributed by atoms with Crippen molar-refractivity contribution in [3.8, 4) is 0 Å². The van der Waals surface area contributed by atoms with E-state index in [1.807, 2.05) is 7.05 Å². The number of carbonyl (C=O) groups excluding carboxylic acids is 1. The van der Waals surface area contributed by atoms with Crippen LogP contribution in [0, 0.1) is 0 Å². The van der Waals surface area contributed by atoms with Crippen molar-refractivity contribution < 1.29 is 10.0 Å². The van der Waals surface area contributed by atoms with Crippen LogP contribution in [-0.2, 0) is 4.79 Å². The van der Waals surface area contributed by atoms with Crippen molar-refractivity contribution in [3.05, 3.63) is 11.6 Å². The third kappa shape index (κ3) is 2.85. The van der Waals surface area contributed by atoms with Crippen LogP contribution in [0.1, 0.15) is 19.3 Å². The van der Waals surface area contributed by atoms with E-state index in [-0.39, 0.29) is 5.91 Å². The minimum atomic E-state index is 0.163. The number of likely N-dealkylation sites (N-methyl/N-ethyl adjacent to an activating group) is 1. The standard InChI is InChI=1S/C12H19N3O2/c1-14-6-2-4-10(8-14)11(13-17)9-15-7-3-5-12(15)16/h4,17H,2-3,5-9H2,1H3. The van der Waals surface area contributed by atoms with Crippen molar-refractivity contribution in [2.45, 2.75) is 19.3 Å². The molecule has 0 spiro atoms. The zero-order valence-electron chi connectivity index (χ0n) is 10.2. The molecule has 1 N–H and O–H groups in total. The zero-order valence-corrected chi connectivity index (χ0v) is 10.2. The van der Waals surface area contributed by atoms with Gasteiger partial charge in [0.1, 0.15) is 5.71 Å². The van der Waals surface area contributed by atoms with Gasteiger partial charge in [0.15, 0.2) is 0 Å². The van der Waals surface area contributed by atoms with Gasteiger partial charge < -0.3 is 15.0 Å². The van der Waals surface area contributed by atoms with Gasteiger partial charge in [-0.1, -0.05) is 11.2 Å². The Kier molecular flexibility index (Phi) is 3.78. The van der Waals surface area contributed by atoms with Gasteiger partial charge in [-0.05, 0) is 25.5 Å². The Bertz CT molecular complexity index is 363. The molecule has 0 radical (unpaired) electrons. The quantitative estimate of drug-likeness (QED) is 0.446. The summed E-state index contributed by atoms with van der Waals surface area (Å²) in [5.41, 5.74) is 1.67. The van der Waals surface area contributed by atoms with Crippen LogP contribution in [0.5, 0.6) is 0 Å². The first-order valence-corrected chi connectivity index (χ1v) is 6.07. The first-order valence-electron chi connectivity index (χ1n) is 6.07. The second-order valence-electron chi connectivity index (χ2n) is 4.72. The summed E-state index contributed by atoms with van der Waals surface area (Å²) >= 11 is 0. The van der Waals surface area contributed by atoms with Crippen LogP contribution in [0.2, 0.25) is 0 Å². The highest BCUT2D eigenvalue weighted by Gasteiger charge is 2.24. The molecule has 5 nitrogen and oxygen atoms in total. The van der Waals surface area contributed by atoms with Gasteiger partial charge in [0.2, 0.25) is 5.91 Å². The normalized spacial score (nSPS) is 23.1. The summed E-state index contributed by atoms with van der Waals surface area (Å²) in [6.07, 6.45) is 4.61. The van der Waals surface area contributed by atoms with E-state index in [2.05, 4.69) is 16.1 Å². The molecule has 0 unspecified atom stereocenters. The number of hydrogen-bond acceptors (Lipinski definition) is 4. The maximum atomic E-state index is 11.5. The lowest BCUT2D eigenvalue weighted by Crippen LogP contribution is -2.35. The van der Waals surface area contributed by atoms with Gasteiger partial charge in [-0.15, -0.1) is 0 Å². The van der Waals surface area contributed by atoms with Gasteiger partial charge in [0.25, 0.3) is 0 Å². The molecule has 1 fully saturated rings. The molecule has 0 saturated carbocycles. The second-order valence-corrected chi connectivity index (χ2v) is 4.72. The van der Waals surface area contributed by atoms with Crippen LogP contribution in [0.15, 0.2) is 16.8 Å². The Hall–Kier alpha value is -1.36. The lowest BCUT2D eigenvalue weighted by Gasteiger charge is -2.25. The van der Waals surface area contributed by atoms with Crippen molar-refractivity contribution in [2.24, 2.45) is 5.16 Å². The first kappa shape index (κ1) is 12.1. The highest BCUT2D eigenvalue weighted by molar-refractivity contribution is 6.03. The van der Waals surface area contributed by atoms with Gasteiger partial charge in [-0.2, -0.15) is 0 Å². The van der Waals surface area contributed by atoms with Gasteiger partial charge in [0, 0.05) is 26.1 Å². The topological polar surface area (TPSA) is 56.1 Å². The van der Waals surface area contributed by atoms with Crippen molar-refractivity contribution in [1.29, 1.82) is 0 Å². The molecule has 1 saturated heterocycles. The Balaban J connectivity index is 2.02. The fourth-order valence-electron chi connectivity index (χ4n) is 2.35. The predicted octanol–water partition coefficient (Wildman–Crippen LogP) is 0.701. The fourth-order valence-corrected chi connectivity index (χ4v) is 2.35. The maximum absolute atomic E-state index is 11.5. The van der Waals surface area contributed by atoms with Crippen molar-refractivity contribution in [2.75, 3.05) is 33.2 Å². The van der Waals surface area contributed by atoms with Crippen LogP contribution in [0.3, 0.4) is 0 Å². The van der Waals surface area contributed by atoms with E-state index in [0.29, 0.717) is 18.7 Å². The van der Waals surface area contributed by atoms with Gasteiger partial charge in [-0.25, -0.2) is 0 Å². The van der Waals surface area contributed by atoms with E-state index in [9.17, 15) is 4.79 Å². The summed E-state index contributed by atoms with van der Waals surface area (Å²) in [4.78, 5) is 15.5. The van der Waals surface area contributed by atoms with Crippen molar-refractivity contribution in [1.82, 2.24) is 9.80 Å². The summed E-state index contributed by atoms with van der Waals surface area (Å²) in [7, 11) is 2.04. The molecule has 94 valence electrons. The average molecular weight is 237 g/mol. The van der Waals surface area contributed by atoms with Crippen molar-refractivity contribution >= 4 is 11.6 Å². The Morgan fingerprint density at radius 2 is 2.35 bits per heavy atom. The van der Waals surface area contributed by atoms with Crippen LogP contribution in [0.25, 0.3) is 0 Å². The molecule has 0 aliphatic carbocycles. The molecule has 2 rings (SSSR count).